The van der Waals surface area contributed by atoms with Crippen LogP contribution in [0.5, 0.6) is 5.75 Å². The highest BCUT2D eigenvalue weighted by molar-refractivity contribution is 5.94. The van der Waals surface area contributed by atoms with Crippen molar-refractivity contribution in [2.45, 2.75) is 63.9 Å². The Labute approximate surface area is 231 Å². The topological polar surface area (TPSA) is 78.9 Å². The van der Waals surface area contributed by atoms with Crippen LogP contribution < -0.4 is 15.0 Å². The summed E-state index contributed by atoms with van der Waals surface area (Å²) in [6, 6.07) is 21.5. The molecule has 40 heavy (non-hydrogen) atoms. The molecule has 0 aliphatic heterocycles. The maximum absolute atomic E-state index is 12.6. The van der Waals surface area contributed by atoms with Crippen molar-refractivity contribution in [3.63, 3.8) is 0 Å². The smallest absolute Gasteiger partial charge is 0.481 e. The Kier molecular flexibility index (Phi) is 9.69. The zero-order valence-electron chi connectivity index (χ0n) is 22.1. The van der Waals surface area contributed by atoms with E-state index in [4.69, 9.17) is 5.11 Å². The number of aliphatic carboxylic acids is 1. The Hall–Kier alpha value is -4.01. The average Bonchev–Trinajstić information content (AvgIpc) is 2.93. The van der Waals surface area contributed by atoms with Crippen LogP contribution in [0.15, 0.2) is 72.8 Å². The number of hydrogen-bond donors (Lipinski definition) is 2. The monoisotopic (exact) mass is 554 g/mol. The van der Waals surface area contributed by atoms with Gasteiger partial charge in [-0.15, -0.1) is 13.2 Å². The van der Waals surface area contributed by atoms with Crippen LogP contribution >= 0.6 is 0 Å². The van der Waals surface area contributed by atoms with Gasteiger partial charge in [0.1, 0.15) is 5.75 Å². The van der Waals surface area contributed by atoms with Gasteiger partial charge in [0.25, 0.3) is 5.91 Å². The van der Waals surface area contributed by atoms with Gasteiger partial charge in [0.05, 0.1) is 6.42 Å². The molecule has 1 fully saturated rings. The van der Waals surface area contributed by atoms with E-state index in [0.29, 0.717) is 24.6 Å². The lowest BCUT2D eigenvalue weighted by atomic mass is 9.84. The maximum Gasteiger partial charge on any atom is 0.573 e. The number of nitrogens with one attached hydrogen (secondary N) is 1. The van der Waals surface area contributed by atoms with Crippen molar-refractivity contribution in [1.82, 2.24) is 5.32 Å². The summed E-state index contributed by atoms with van der Waals surface area (Å²) in [6.45, 7) is 1.00. The summed E-state index contributed by atoms with van der Waals surface area (Å²) in [4.78, 5) is 25.1. The molecule has 1 saturated carbocycles. The number of alkyl halides is 3. The van der Waals surface area contributed by atoms with Crippen molar-refractivity contribution < 1.29 is 32.6 Å². The Morgan fingerprint density at radius 2 is 1.43 bits per heavy atom. The molecule has 0 atom stereocenters. The van der Waals surface area contributed by atoms with Gasteiger partial charge in [-0.2, -0.15) is 0 Å². The molecule has 3 aromatic carbocycles. The van der Waals surface area contributed by atoms with E-state index in [1.165, 1.54) is 49.8 Å². The molecule has 0 spiro atoms. The highest BCUT2D eigenvalue weighted by Gasteiger charge is 2.31. The van der Waals surface area contributed by atoms with Gasteiger partial charge in [0.15, 0.2) is 0 Å². The number of carbonyl (C=O) groups is 2. The van der Waals surface area contributed by atoms with E-state index in [2.05, 4.69) is 39.2 Å². The van der Waals surface area contributed by atoms with Gasteiger partial charge in [-0.05, 0) is 71.8 Å². The molecule has 9 heteroatoms. The summed E-state index contributed by atoms with van der Waals surface area (Å²) < 4.78 is 41.7. The molecule has 1 aliphatic rings. The second kappa shape index (κ2) is 13.4. The molecule has 0 unspecified atom stereocenters. The van der Waals surface area contributed by atoms with E-state index in [1.54, 1.807) is 24.3 Å². The van der Waals surface area contributed by atoms with Crippen molar-refractivity contribution in [1.29, 1.82) is 0 Å². The molecule has 1 aliphatic carbocycles. The third-order valence-electron chi connectivity index (χ3n) is 7.08. The van der Waals surface area contributed by atoms with Gasteiger partial charge in [0.2, 0.25) is 0 Å². The highest BCUT2D eigenvalue weighted by Crippen LogP contribution is 2.34. The Morgan fingerprint density at radius 3 is 1.98 bits per heavy atom. The quantitative estimate of drug-likeness (QED) is 0.266. The summed E-state index contributed by atoms with van der Waals surface area (Å²) in [5, 5.41) is 11.3. The lowest BCUT2D eigenvalue weighted by Crippen LogP contribution is -2.26. The normalized spacial score (nSPS) is 14.0. The first-order valence-electron chi connectivity index (χ1n) is 13.4. The van der Waals surface area contributed by atoms with Crippen LogP contribution in [0.1, 0.15) is 71.5 Å². The number of anilines is 1. The van der Waals surface area contributed by atoms with Gasteiger partial charge < -0.3 is 20.1 Å². The van der Waals surface area contributed by atoms with Gasteiger partial charge in [-0.3, -0.25) is 9.59 Å². The second-order valence-electron chi connectivity index (χ2n) is 10.1. The molecule has 2 N–H and O–H groups in total. The Balaban J connectivity index is 1.49. The van der Waals surface area contributed by atoms with Crippen molar-refractivity contribution in [2.75, 3.05) is 11.4 Å². The van der Waals surface area contributed by atoms with Crippen LogP contribution in [0.4, 0.5) is 18.9 Å². The lowest BCUT2D eigenvalue weighted by molar-refractivity contribution is -0.274. The van der Waals surface area contributed by atoms with Crippen molar-refractivity contribution >= 4 is 17.6 Å². The molecule has 0 bridgehead atoms. The molecule has 0 saturated heterocycles. The first-order chi connectivity index (χ1) is 19.2. The SMILES string of the molecule is O=C(O)CCNC(=O)c1ccc(CN(Cc2ccc(OC(F)(F)F)cc2)c2ccc(C3CCCCC3)cc2)cc1. The van der Waals surface area contributed by atoms with Crippen molar-refractivity contribution in [3.05, 3.63) is 95.1 Å². The van der Waals surface area contributed by atoms with Gasteiger partial charge in [-0.25, -0.2) is 0 Å². The molecule has 0 radical (unpaired) electrons. The van der Waals surface area contributed by atoms with Crippen LogP contribution in [-0.2, 0) is 17.9 Å². The number of amides is 1. The first kappa shape index (κ1) is 29.0. The summed E-state index contributed by atoms with van der Waals surface area (Å²) in [5.41, 5.74) is 4.49. The first-order valence-corrected chi connectivity index (χ1v) is 13.4. The number of halogens is 3. The third-order valence-corrected chi connectivity index (χ3v) is 7.08. The number of benzene rings is 3. The highest BCUT2D eigenvalue weighted by atomic mass is 19.4. The zero-order chi connectivity index (χ0) is 28.5. The minimum Gasteiger partial charge on any atom is -0.481 e. The fourth-order valence-corrected chi connectivity index (χ4v) is 5.02. The molecular formula is C31H33F3N2O4. The predicted molar refractivity (Wildman–Crippen MR) is 146 cm³/mol. The van der Waals surface area contributed by atoms with Crippen LogP contribution in [0.25, 0.3) is 0 Å². The molecule has 212 valence electrons. The number of hydrogen-bond acceptors (Lipinski definition) is 4. The average molecular weight is 555 g/mol. The fraction of sp³-hybridized carbons (Fsp3) is 0.355. The summed E-state index contributed by atoms with van der Waals surface area (Å²) in [6.07, 6.45) is 1.30. The number of ether oxygens (including phenoxy) is 1. The standard InChI is InChI=1S/C31H33F3N2O4/c32-31(33,34)40-28-16-8-23(9-17-28)21-36(27-14-12-25(13-15-27)24-4-2-1-3-5-24)20-22-6-10-26(11-7-22)30(39)35-19-18-29(37)38/h6-17,24H,1-5,18-21H2,(H,35,39)(H,37,38). The number of carbonyl (C=O) groups excluding carboxylic acids is 1. The summed E-state index contributed by atoms with van der Waals surface area (Å²) in [7, 11) is 0. The van der Waals surface area contributed by atoms with E-state index >= 15 is 0 Å². The lowest BCUT2D eigenvalue weighted by Gasteiger charge is -2.27. The largest absolute Gasteiger partial charge is 0.573 e. The van der Waals surface area contributed by atoms with Gasteiger partial charge in [-0.1, -0.05) is 55.7 Å². The van der Waals surface area contributed by atoms with Gasteiger partial charge in [0, 0.05) is 30.9 Å². The molecule has 3 aromatic rings. The van der Waals surface area contributed by atoms with Crippen LogP contribution in [-0.4, -0.2) is 29.9 Å². The third kappa shape index (κ3) is 8.76. The van der Waals surface area contributed by atoms with Crippen molar-refractivity contribution in [3.8, 4) is 5.75 Å². The number of carboxylic acids is 1. The van der Waals surface area contributed by atoms with Crippen molar-refractivity contribution in [2.24, 2.45) is 0 Å². The molecule has 1 amide bonds. The van der Waals surface area contributed by atoms with E-state index in [9.17, 15) is 22.8 Å². The van der Waals surface area contributed by atoms with E-state index in [1.807, 2.05) is 12.1 Å². The predicted octanol–water partition coefficient (Wildman–Crippen LogP) is 7.04. The molecule has 0 aromatic heterocycles. The maximum atomic E-state index is 12.6. The van der Waals surface area contributed by atoms with Crippen LogP contribution in [0.2, 0.25) is 0 Å². The summed E-state index contributed by atoms with van der Waals surface area (Å²) in [5.74, 6) is -1.02. The molecule has 6 nitrogen and oxygen atoms in total. The number of nitrogens with zero attached hydrogens (tertiary/aromatic N) is 1. The molecule has 4 rings (SSSR count). The fourth-order valence-electron chi connectivity index (χ4n) is 5.02. The minimum absolute atomic E-state index is 0.0490. The van der Waals surface area contributed by atoms with Crippen LogP contribution in [0, 0.1) is 0 Å². The Morgan fingerprint density at radius 1 is 0.850 bits per heavy atom. The summed E-state index contributed by atoms with van der Waals surface area (Å²) >= 11 is 0. The van der Waals surface area contributed by atoms with E-state index in [-0.39, 0.29) is 24.6 Å². The molecular weight excluding hydrogens is 521 g/mol. The van der Waals surface area contributed by atoms with Gasteiger partial charge >= 0.3 is 12.3 Å². The van der Waals surface area contributed by atoms with E-state index in [0.717, 1.165) is 16.8 Å². The number of rotatable bonds is 11. The molecule has 0 heterocycles. The Bertz CT molecular complexity index is 1250. The van der Waals surface area contributed by atoms with Crippen LogP contribution in [0.3, 0.4) is 0 Å². The second-order valence-corrected chi connectivity index (χ2v) is 10.1. The minimum atomic E-state index is -4.74. The number of carboxylic acid groups (broad SMARTS) is 1. The van der Waals surface area contributed by atoms with E-state index < -0.39 is 12.3 Å². The zero-order valence-corrected chi connectivity index (χ0v) is 22.1.